The van der Waals surface area contributed by atoms with E-state index in [0.717, 1.165) is 5.69 Å². The summed E-state index contributed by atoms with van der Waals surface area (Å²) in [5.41, 5.74) is 5.37. The maximum atomic E-state index is 13.2. The van der Waals surface area contributed by atoms with Crippen LogP contribution in [0.15, 0.2) is 77.7 Å². The lowest BCUT2D eigenvalue weighted by atomic mass is 10.2. The molecule has 1 fully saturated rings. The molecule has 0 saturated carbocycles. The number of sulfonamides is 1. The van der Waals surface area contributed by atoms with Crippen LogP contribution in [0.5, 0.6) is 11.5 Å². The second-order valence-electron chi connectivity index (χ2n) is 8.34. The lowest BCUT2D eigenvalue weighted by molar-refractivity contribution is -0.123. The second kappa shape index (κ2) is 11.9. The van der Waals surface area contributed by atoms with Crippen LogP contribution < -0.4 is 25.2 Å². The zero-order chi connectivity index (χ0) is 27.1. The first kappa shape index (κ1) is 26.9. The van der Waals surface area contributed by atoms with Gasteiger partial charge in [-0.25, -0.2) is 12.8 Å². The fraction of sp³-hybridized carbons (Fsp3) is 0.231. The molecule has 0 spiro atoms. The van der Waals surface area contributed by atoms with Crippen molar-refractivity contribution in [2.45, 2.75) is 4.90 Å². The van der Waals surface area contributed by atoms with Crippen LogP contribution in [0.25, 0.3) is 0 Å². The minimum absolute atomic E-state index is 0.0359. The molecule has 0 radical (unpaired) electrons. The van der Waals surface area contributed by atoms with E-state index in [1.807, 2.05) is 4.90 Å². The fourth-order valence-corrected chi connectivity index (χ4v) is 5.37. The van der Waals surface area contributed by atoms with Gasteiger partial charge in [0.1, 0.15) is 5.82 Å². The number of hydrogen-bond donors (Lipinski definition) is 2. The third-order valence-electron chi connectivity index (χ3n) is 5.91. The van der Waals surface area contributed by atoms with Crippen molar-refractivity contribution in [1.29, 1.82) is 0 Å². The molecule has 200 valence electrons. The summed E-state index contributed by atoms with van der Waals surface area (Å²) < 4.78 is 51.5. The highest BCUT2D eigenvalue weighted by atomic mass is 32.2. The lowest BCUT2D eigenvalue weighted by Crippen LogP contribution is -2.48. The maximum absolute atomic E-state index is 13.2. The number of carbonyl (C=O) groups is 2. The van der Waals surface area contributed by atoms with Crippen LogP contribution in [-0.4, -0.2) is 64.4 Å². The van der Waals surface area contributed by atoms with E-state index in [4.69, 9.17) is 9.47 Å². The molecule has 38 heavy (non-hydrogen) atoms. The molecule has 10 nitrogen and oxygen atoms in total. The van der Waals surface area contributed by atoms with Crippen molar-refractivity contribution in [3.63, 3.8) is 0 Å². The van der Waals surface area contributed by atoms with Crippen LogP contribution >= 0.6 is 0 Å². The molecule has 0 bridgehead atoms. The lowest BCUT2D eigenvalue weighted by Gasteiger charge is -2.35. The second-order valence-corrected chi connectivity index (χ2v) is 10.3. The zero-order valence-corrected chi connectivity index (χ0v) is 21.4. The number of piperazine rings is 1. The Hall–Kier alpha value is -4.16. The van der Waals surface area contributed by atoms with Gasteiger partial charge in [0.15, 0.2) is 18.1 Å². The number of methoxy groups -OCH3 is 1. The van der Waals surface area contributed by atoms with E-state index < -0.39 is 21.8 Å². The maximum Gasteiger partial charge on any atom is 0.276 e. The Morgan fingerprint density at radius 2 is 1.58 bits per heavy atom. The van der Waals surface area contributed by atoms with E-state index in [1.54, 1.807) is 36.4 Å². The first-order chi connectivity index (χ1) is 18.3. The van der Waals surface area contributed by atoms with Crippen molar-refractivity contribution in [3.8, 4) is 11.5 Å². The number of ether oxygens (including phenoxy) is 2. The van der Waals surface area contributed by atoms with Crippen LogP contribution in [-0.2, 0) is 14.8 Å². The molecule has 0 aliphatic carbocycles. The summed E-state index contributed by atoms with van der Waals surface area (Å²) in [6.07, 6.45) is 0. The summed E-state index contributed by atoms with van der Waals surface area (Å²) in [4.78, 5) is 26.6. The van der Waals surface area contributed by atoms with Crippen molar-refractivity contribution in [3.05, 3.63) is 84.2 Å². The molecule has 0 unspecified atom stereocenters. The third kappa shape index (κ3) is 6.39. The summed E-state index contributed by atoms with van der Waals surface area (Å²) in [5.74, 6) is -0.812. The number of rotatable bonds is 8. The van der Waals surface area contributed by atoms with E-state index in [-0.39, 0.29) is 36.0 Å². The predicted octanol–water partition coefficient (Wildman–Crippen LogP) is 2.19. The highest BCUT2D eigenvalue weighted by molar-refractivity contribution is 7.89. The van der Waals surface area contributed by atoms with Gasteiger partial charge in [-0.05, 0) is 54.6 Å². The molecule has 0 atom stereocenters. The van der Waals surface area contributed by atoms with Crippen molar-refractivity contribution >= 4 is 27.5 Å². The number of nitrogens with one attached hydrogen (secondary N) is 2. The number of para-hydroxylation sites is 2. The molecule has 3 aromatic carbocycles. The average molecular weight is 543 g/mol. The van der Waals surface area contributed by atoms with E-state index in [0.29, 0.717) is 24.6 Å². The van der Waals surface area contributed by atoms with Gasteiger partial charge < -0.3 is 14.4 Å². The number of carbonyl (C=O) groups excluding carboxylic acids is 2. The van der Waals surface area contributed by atoms with Gasteiger partial charge in [0.2, 0.25) is 10.0 Å². The van der Waals surface area contributed by atoms with Crippen LogP contribution in [0.4, 0.5) is 10.1 Å². The van der Waals surface area contributed by atoms with Gasteiger partial charge >= 0.3 is 0 Å². The predicted molar refractivity (Wildman–Crippen MR) is 138 cm³/mol. The molecule has 3 aromatic rings. The number of amides is 2. The topological polar surface area (TPSA) is 117 Å². The third-order valence-corrected chi connectivity index (χ3v) is 7.80. The number of hydrogen-bond acceptors (Lipinski definition) is 7. The van der Waals surface area contributed by atoms with Crippen LogP contribution in [0.2, 0.25) is 0 Å². The number of anilines is 1. The van der Waals surface area contributed by atoms with Crippen LogP contribution in [0, 0.1) is 5.82 Å². The summed E-state index contributed by atoms with van der Waals surface area (Å²) >= 11 is 0. The summed E-state index contributed by atoms with van der Waals surface area (Å²) in [6.45, 7) is 0.970. The summed E-state index contributed by atoms with van der Waals surface area (Å²) in [7, 11) is -2.38. The van der Waals surface area contributed by atoms with Crippen LogP contribution in [0.3, 0.4) is 0 Å². The number of benzene rings is 3. The average Bonchev–Trinajstić information content (AvgIpc) is 2.95. The highest BCUT2D eigenvalue weighted by Crippen LogP contribution is 2.25. The molecule has 1 saturated heterocycles. The zero-order valence-electron chi connectivity index (χ0n) is 20.6. The van der Waals surface area contributed by atoms with E-state index >= 15 is 0 Å². The molecule has 2 N–H and O–H groups in total. The molecular formula is C26H27FN4O6S. The highest BCUT2D eigenvalue weighted by Gasteiger charge is 2.29. The van der Waals surface area contributed by atoms with Crippen molar-refractivity contribution < 1.29 is 31.9 Å². The molecule has 12 heteroatoms. The Labute approximate surface area is 220 Å². The molecule has 1 aliphatic rings. The van der Waals surface area contributed by atoms with Gasteiger partial charge in [0.25, 0.3) is 11.8 Å². The molecule has 4 rings (SSSR count). The summed E-state index contributed by atoms with van der Waals surface area (Å²) in [5, 5.41) is 0. The molecular weight excluding hydrogens is 515 g/mol. The van der Waals surface area contributed by atoms with Gasteiger partial charge in [0.05, 0.1) is 12.0 Å². The van der Waals surface area contributed by atoms with Crippen LogP contribution in [0.1, 0.15) is 10.4 Å². The Bertz CT molecular complexity index is 1390. The van der Waals surface area contributed by atoms with Gasteiger partial charge in [-0.2, -0.15) is 4.31 Å². The van der Waals surface area contributed by atoms with Crippen molar-refractivity contribution in [1.82, 2.24) is 15.2 Å². The first-order valence-electron chi connectivity index (χ1n) is 11.7. The largest absolute Gasteiger partial charge is 0.493 e. The van der Waals surface area contributed by atoms with E-state index in [9.17, 15) is 22.4 Å². The monoisotopic (exact) mass is 542 g/mol. The Morgan fingerprint density at radius 3 is 2.26 bits per heavy atom. The molecule has 0 aromatic heterocycles. The van der Waals surface area contributed by atoms with E-state index in [1.165, 1.54) is 47.8 Å². The van der Waals surface area contributed by atoms with Crippen molar-refractivity contribution in [2.75, 3.05) is 44.8 Å². The first-order valence-corrected chi connectivity index (χ1v) is 13.2. The molecule has 1 heterocycles. The van der Waals surface area contributed by atoms with Gasteiger partial charge in [-0.3, -0.25) is 20.4 Å². The number of hydrazine groups is 1. The minimum Gasteiger partial charge on any atom is -0.493 e. The number of nitrogens with zero attached hydrogens (tertiary/aromatic N) is 2. The number of halogens is 1. The van der Waals surface area contributed by atoms with Gasteiger partial charge in [-0.15, -0.1) is 0 Å². The Kier molecular flexibility index (Phi) is 8.44. The quantitative estimate of drug-likeness (QED) is 0.419. The minimum atomic E-state index is -3.86. The van der Waals surface area contributed by atoms with Gasteiger partial charge in [-0.1, -0.05) is 18.2 Å². The fourth-order valence-electron chi connectivity index (χ4n) is 3.90. The smallest absolute Gasteiger partial charge is 0.276 e. The summed E-state index contributed by atoms with van der Waals surface area (Å²) in [6, 6.07) is 18.4. The van der Waals surface area contributed by atoms with Crippen molar-refractivity contribution in [2.24, 2.45) is 0 Å². The SMILES string of the molecule is COc1ccccc1OCC(=O)NNC(=O)c1cccc(S(=O)(=O)N2CCN(c3ccc(F)cc3)CC2)c1. The Balaban J connectivity index is 1.32. The normalized spacial score (nSPS) is 14.0. The molecule has 1 aliphatic heterocycles. The molecule has 2 amide bonds. The standard InChI is InChI=1S/C26H27FN4O6S/c1-36-23-7-2-3-8-24(23)37-18-25(32)28-29-26(33)19-5-4-6-22(17-19)38(34,35)31-15-13-30(14-16-31)21-11-9-20(27)10-12-21/h2-12,17H,13-16,18H2,1H3,(H,28,32)(H,29,33). The van der Waals surface area contributed by atoms with Gasteiger partial charge in [0, 0.05) is 37.4 Å². The van der Waals surface area contributed by atoms with E-state index in [2.05, 4.69) is 10.9 Å². The Morgan fingerprint density at radius 1 is 0.895 bits per heavy atom.